The van der Waals surface area contributed by atoms with E-state index in [1.165, 1.54) is 31.5 Å². The molecule has 0 amide bonds. The quantitative estimate of drug-likeness (QED) is 0.860. The van der Waals surface area contributed by atoms with Crippen LogP contribution in [0.1, 0.15) is 24.2 Å². The van der Waals surface area contributed by atoms with Crippen molar-refractivity contribution in [2.75, 3.05) is 34.2 Å². The van der Waals surface area contributed by atoms with Crippen molar-refractivity contribution in [2.24, 2.45) is 0 Å². The van der Waals surface area contributed by atoms with Gasteiger partial charge in [0.15, 0.2) is 0 Å². The Hall–Kier alpha value is -0.840. The lowest BCUT2D eigenvalue weighted by Gasteiger charge is -2.34. The second-order valence-corrected chi connectivity index (χ2v) is 5.37. The Morgan fingerprint density at radius 1 is 1.39 bits per heavy atom. The van der Waals surface area contributed by atoms with Crippen molar-refractivity contribution >= 4 is 0 Å². The van der Waals surface area contributed by atoms with Gasteiger partial charge in [-0.1, -0.05) is 0 Å². The summed E-state index contributed by atoms with van der Waals surface area (Å²) in [7, 11) is 6.33. The van der Waals surface area contributed by atoms with Gasteiger partial charge in [-0.2, -0.15) is 0 Å². The van der Waals surface area contributed by atoms with E-state index in [0.29, 0.717) is 0 Å². The zero-order valence-corrected chi connectivity index (χ0v) is 11.8. The van der Waals surface area contributed by atoms with E-state index in [9.17, 15) is 0 Å². The van der Waals surface area contributed by atoms with E-state index in [1.54, 1.807) is 6.26 Å². The van der Waals surface area contributed by atoms with Crippen LogP contribution >= 0.6 is 0 Å². The minimum absolute atomic E-state index is 0.745. The maximum atomic E-state index is 5.60. The number of likely N-dealkylation sites (tertiary alicyclic amines) is 1. The Labute approximate surface area is 110 Å². The van der Waals surface area contributed by atoms with Crippen molar-refractivity contribution < 1.29 is 4.42 Å². The largest absolute Gasteiger partial charge is 0.468 e. The van der Waals surface area contributed by atoms with Crippen molar-refractivity contribution in [2.45, 2.75) is 32.0 Å². The lowest BCUT2D eigenvalue weighted by Crippen LogP contribution is -2.41. The van der Waals surface area contributed by atoms with Crippen LogP contribution in [0.4, 0.5) is 0 Å². The first kappa shape index (κ1) is 13.6. The Morgan fingerprint density at radius 2 is 2.11 bits per heavy atom. The van der Waals surface area contributed by atoms with Gasteiger partial charge in [-0.3, -0.25) is 4.90 Å². The summed E-state index contributed by atoms with van der Waals surface area (Å²) in [6, 6.07) is 2.81. The third-order valence-electron chi connectivity index (χ3n) is 3.86. The second-order valence-electron chi connectivity index (χ2n) is 5.37. The first-order valence-electron chi connectivity index (χ1n) is 6.79. The number of nitrogens with one attached hydrogen (secondary N) is 1. The SMILES string of the molecule is CNCc1ccoc1CN1CCC(N(C)C)CC1. The minimum atomic E-state index is 0.745. The molecule has 0 aromatic carbocycles. The van der Waals surface area contributed by atoms with E-state index >= 15 is 0 Å². The standard InChI is InChI=1S/C14H25N3O/c1-15-10-12-6-9-18-14(12)11-17-7-4-13(5-8-17)16(2)3/h6,9,13,15H,4-5,7-8,10-11H2,1-3H3. The van der Waals surface area contributed by atoms with Gasteiger partial charge in [-0.05, 0) is 40.1 Å². The Morgan fingerprint density at radius 3 is 2.72 bits per heavy atom. The normalized spacial score (nSPS) is 18.7. The molecule has 18 heavy (non-hydrogen) atoms. The average Bonchev–Trinajstić information content (AvgIpc) is 2.78. The summed E-state index contributed by atoms with van der Waals surface area (Å²) in [4.78, 5) is 4.84. The Balaban J connectivity index is 1.85. The predicted molar refractivity (Wildman–Crippen MR) is 73.5 cm³/mol. The average molecular weight is 251 g/mol. The van der Waals surface area contributed by atoms with Gasteiger partial charge in [-0.15, -0.1) is 0 Å². The summed E-state index contributed by atoms with van der Waals surface area (Å²) < 4.78 is 5.60. The summed E-state index contributed by atoms with van der Waals surface area (Å²) in [5, 5.41) is 3.18. The topological polar surface area (TPSA) is 31.7 Å². The van der Waals surface area contributed by atoms with Crippen LogP contribution < -0.4 is 5.32 Å². The van der Waals surface area contributed by atoms with Gasteiger partial charge in [0.25, 0.3) is 0 Å². The van der Waals surface area contributed by atoms with Crippen LogP contribution in [-0.4, -0.2) is 50.1 Å². The minimum Gasteiger partial charge on any atom is -0.468 e. The molecule has 4 heteroatoms. The van der Waals surface area contributed by atoms with Gasteiger partial charge in [0.05, 0.1) is 12.8 Å². The highest BCUT2D eigenvalue weighted by atomic mass is 16.3. The fourth-order valence-electron chi connectivity index (χ4n) is 2.65. The van der Waals surface area contributed by atoms with Crippen LogP contribution in [0.25, 0.3) is 0 Å². The number of nitrogens with zero attached hydrogens (tertiary/aromatic N) is 2. The zero-order chi connectivity index (χ0) is 13.0. The molecule has 4 nitrogen and oxygen atoms in total. The molecule has 0 spiro atoms. The molecule has 2 rings (SSSR count). The summed E-state index contributed by atoms with van der Waals surface area (Å²) in [6.45, 7) is 4.18. The molecule has 1 aromatic rings. The van der Waals surface area contributed by atoms with E-state index in [-0.39, 0.29) is 0 Å². The van der Waals surface area contributed by atoms with Gasteiger partial charge in [0.2, 0.25) is 0 Å². The number of furan rings is 1. The summed E-state index contributed by atoms with van der Waals surface area (Å²) in [5.41, 5.74) is 1.28. The highest BCUT2D eigenvalue weighted by Gasteiger charge is 2.21. The maximum Gasteiger partial charge on any atom is 0.122 e. The predicted octanol–water partition coefficient (Wildman–Crippen LogP) is 1.52. The van der Waals surface area contributed by atoms with Gasteiger partial charge < -0.3 is 14.6 Å². The molecule has 1 aliphatic heterocycles. The van der Waals surface area contributed by atoms with Crippen molar-refractivity contribution in [3.05, 3.63) is 23.7 Å². The number of hydrogen-bond donors (Lipinski definition) is 1. The summed E-state index contributed by atoms with van der Waals surface area (Å²) >= 11 is 0. The van der Waals surface area contributed by atoms with Crippen molar-refractivity contribution in [1.82, 2.24) is 15.1 Å². The molecule has 0 bridgehead atoms. The first-order valence-corrected chi connectivity index (χ1v) is 6.79. The highest BCUT2D eigenvalue weighted by molar-refractivity contribution is 5.16. The van der Waals surface area contributed by atoms with Gasteiger partial charge in [0.1, 0.15) is 5.76 Å². The van der Waals surface area contributed by atoms with Crippen LogP contribution in [0.3, 0.4) is 0 Å². The van der Waals surface area contributed by atoms with E-state index in [1.807, 2.05) is 7.05 Å². The van der Waals surface area contributed by atoms with Gasteiger partial charge >= 0.3 is 0 Å². The summed E-state index contributed by atoms with van der Waals surface area (Å²) in [6.07, 6.45) is 4.32. The smallest absolute Gasteiger partial charge is 0.122 e. The molecule has 1 aromatic heterocycles. The number of hydrogen-bond acceptors (Lipinski definition) is 4. The lowest BCUT2D eigenvalue weighted by molar-refractivity contribution is 0.133. The molecular formula is C14H25N3O. The van der Waals surface area contributed by atoms with E-state index in [4.69, 9.17) is 4.42 Å². The first-order chi connectivity index (χ1) is 8.70. The molecule has 102 valence electrons. The van der Waals surface area contributed by atoms with Crippen LogP contribution in [-0.2, 0) is 13.1 Å². The molecule has 1 N–H and O–H groups in total. The van der Waals surface area contributed by atoms with E-state index in [0.717, 1.165) is 24.9 Å². The zero-order valence-electron chi connectivity index (χ0n) is 11.8. The molecule has 1 fully saturated rings. The van der Waals surface area contributed by atoms with Crippen LogP contribution in [0, 0.1) is 0 Å². The molecule has 0 saturated carbocycles. The Kier molecular flexibility index (Phi) is 4.80. The van der Waals surface area contributed by atoms with Gasteiger partial charge in [-0.25, -0.2) is 0 Å². The molecule has 0 unspecified atom stereocenters. The monoisotopic (exact) mass is 251 g/mol. The third kappa shape index (κ3) is 3.34. The molecule has 1 saturated heterocycles. The van der Waals surface area contributed by atoms with Crippen molar-refractivity contribution in [3.8, 4) is 0 Å². The molecule has 0 aliphatic carbocycles. The van der Waals surface area contributed by atoms with Gasteiger partial charge in [0, 0.05) is 31.2 Å². The van der Waals surface area contributed by atoms with Crippen molar-refractivity contribution in [3.63, 3.8) is 0 Å². The second kappa shape index (κ2) is 6.36. The van der Waals surface area contributed by atoms with Crippen LogP contribution in [0.2, 0.25) is 0 Å². The number of piperidine rings is 1. The third-order valence-corrected chi connectivity index (χ3v) is 3.86. The lowest BCUT2D eigenvalue weighted by atomic mass is 10.0. The van der Waals surface area contributed by atoms with Crippen LogP contribution in [0.5, 0.6) is 0 Å². The molecular weight excluding hydrogens is 226 g/mol. The fourth-order valence-corrected chi connectivity index (χ4v) is 2.65. The fraction of sp³-hybridized carbons (Fsp3) is 0.714. The number of rotatable bonds is 5. The highest BCUT2D eigenvalue weighted by Crippen LogP contribution is 2.19. The maximum absolute atomic E-state index is 5.60. The van der Waals surface area contributed by atoms with Crippen LogP contribution in [0.15, 0.2) is 16.7 Å². The molecule has 0 atom stereocenters. The molecule has 2 heterocycles. The van der Waals surface area contributed by atoms with Crippen molar-refractivity contribution in [1.29, 1.82) is 0 Å². The van der Waals surface area contributed by atoms with E-state index < -0.39 is 0 Å². The molecule has 0 radical (unpaired) electrons. The Bertz CT molecular complexity index is 354. The summed E-state index contributed by atoms with van der Waals surface area (Å²) in [5.74, 6) is 1.12. The molecule has 1 aliphatic rings. The van der Waals surface area contributed by atoms with E-state index in [2.05, 4.69) is 35.3 Å².